The number of carboxylic acid groups (broad SMARTS) is 1. The number of anilines is 2. The van der Waals surface area contributed by atoms with Crippen molar-refractivity contribution in [2.24, 2.45) is 11.7 Å². The van der Waals surface area contributed by atoms with Gasteiger partial charge in [0, 0.05) is 0 Å². The highest BCUT2D eigenvalue weighted by atomic mass is 16.4. The zero-order valence-electron chi connectivity index (χ0n) is 6.74. The van der Waals surface area contributed by atoms with Crippen LogP contribution in [0.1, 0.15) is 10.4 Å². The van der Waals surface area contributed by atoms with Crippen molar-refractivity contribution >= 4 is 17.3 Å². The van der Waals surface area contributed by atoms with Crippen LogP contribution < -0.4 is 22.5 Å². The Morgan fingerprint density at radius 2 is 1.69 bits per heavy atom. The third-order valence-electron chi connectivity index (χ3n) is 1.59. The van der Waals surface area contributed by atoms with E-state index in [-0.39, 0.29) is 5.56 Å². The highest BCUT2D eigenvalue weighted by Crippen LogP contribution is 2.22. The van der Waals surface area contributed by atoms with Crippen LogP contribution in [0.5, 0.6) is 0 Å². The van der Waals surface area contributed by atoms with Crippen molar-refractivity contribution in [2.45, 2.75) is 0 Å². The van der Waals surface area contributed by atoms with Gasteiger partial charge in [0.15, 0.2) is 0 Å². The molecule has 0 heterocycles. The van der Waals surface area contributed by atoms with Gasteiger partial charge in [-0.25, -0.2) is 4.79 Å². The minimum Gasteiger partial charge on any atom is -0.478 e. The Morgan fingerprint density at radius 1 is 1.23 bits per heavy atom. The molecule has 0 unspecified atom stereocenters. The van der Waals surface area contributed by atoms with Crippen LogP contribution in [0.3, 0.4) is 0 Å². The maximum absolute atomic E-state index is 10.8. The zero-order chi connectivity index (χ0) is 9.84. The highest BCUT2D eigenvalue weighted by Gasteiger charge is 2.13. The normalized spacial score (nSPS) is 9.38. The summed E-state index contributed by atoms with van der Waals surface area (Å²) in [5.74, 6) is 9.16. The molecule has 13 heavy (non-hydrogen) atoms. The Bertz CT molecular complexity index is 304. The van der Waals surface area contributed by atoms with E-state index in [9.17, 15) is 4.79 Å². The summed E-state index contributed by atoms with van der Waals surface area (Å²) >= 11 is 0. The van der Waals surface area contributed by atoms with E-state index in [2.05, 4.69) is 10.9 Å². The number of carbonyl (C=O) groups is 1. The molecule has 0 fully saturated rings. The van der Waals surface area contributed by atoms with Crippen molar-refractivity contribution in [2.75, 3.05) is 10.9 Å². The smallest absolute Gasteiger partial charge is 0.340 e. The summed E-state index contributed by atoms with van der Waals surface area (Å²) < 4.78 is 0. The number of nitrogen functional groups attached to an aromatic ring is 2. The minimum atomic E-state index is -1.10. The predicted octanol–water partition coefficient (Wildman–Crippen LogP) is -0.0440. The molecule has 70 valence electrons. The van der Waals surface area contributed by atoms with Gasteiger partial charge in [-0.2, -0.15) is 0 Å². The summed E-state index contributed by atoms with van der Waals surface area (Å²) in [5.41, 5.74) is 5.19. The van der Waals surface area contributed by atoms with Crippen molar-refractivity contribution in [3.05, 3.63) is 23.8 Å². The summed E-state index contributed by atoms with van der Waals surface area (Å²) in [6, 6.07) is 4.73. The Balaban J connectivity index is 3.29. The largest absolute Gasteiger partial charge is 0.478 e. The SMILES string of the molecule is NNc1cccc(NN)c1C(=O)O. The Hall–Kier alpha value is -1.79. The molecule has 0 radical (unpaired) electrons. The summed E-state index contributed by atoms with van der Waals surface area (Å²) in [6.45, 7) is 0. The van der Waals surface area contributed by atoms with Crippen molar-refractivity contribution < 1.29 is 9.90 Å². The molecule has 0 aliphatic carbocycles. The van der Waals surface area contributed by atoms with E-state index in [1.807, 2.05) is 0 Å². The van der Waals surface area contributed by atoms with Crippen molar-refractivity contribution in [1.82, 2.24) is 0 Å². The van der Waals surface area contributed by atoms with E-state index < -0.39 is 5.97 Å². The molecule has 0 spiro atoms. The number of hydrogen-bond donors (Lipinski definition) is 5. The van der Waals surface area contributed by atoms with Gasteiger partial charge in [-0.15, -0.1) is 0 Å². The third kappa shape index (κ3) is 1.68. The average molecular weight is 182 g/mol. The van der Waals surface area contributed by atoms with E-state index in [1.54, 1.807) is 18.2 Å². The molecule has 0 bridgehead atoms. The number of nitrogens with two attached hydrogens (primary N) is 2. The topological polar surface area (TPSA) is 113 Å². The molecule has 1 rings (SSSR count). The van der Waals surface area contributed by atoms with Crippen LogP contribution in [-0.4, -0.2) is 11.1 Å². The molecule has 1 aromatic carbocycles. The molecular formula is C7H10N4O2. The number of hydrazine groups is 2. The molecule has 0 atom stereocenters. The lowest BCUT2D eigenvalue weighted by atomic mass is 10.1. The molecule has 1 aromatic rings. The van der Waals surface area contributed by atoms with Gasteiger partial charge in [0.25, 0.3) is 0 Å². The molecule has 0 aliphatic heterocycles. The molecule has 0 saturated carbocycles. The number of nitrogens with one attached hydrogen (secondary N) is 2. The quantitative estimate of drug-likeness (QED) is 0.331. The number of carboxylic acids is 1. The lowest BCUT2D eigenvalue weighted by Crippen LogP contribution is -2.16. The van der Waals surface area contributed by atoms with Gasteiger partial charge in [-0.05, 0) is 12.1 Å². The summed E-state index contributed by atoms with van der Waals surface area (Å²) in [4.78, 5) is 10.8. The Labute approximate surface area is 74.5 Å². The van der Waals surface area contributed by atoms with E-state index in [1.165, 1.54) is 0 Å². The number of aromatic carboxylic acids is 1. The lowest BCUT2D eigenvalue weighted by molar-refractivity contribution is 0.0699. The van der Waals surface area contributed by atoms with Gasteiger partial charge in [-0.1, -0.05) is 6.07 Å². The maximum Gasteiger partial charge on any atom is 0.340 e. The van der Waals surface area contributed by atoms with Crippen LogP contribution in [0.15, 0.2) is 18.2 Å². The molecule has 0 aliphatic rings. The monoisotopic (exact) mass is 182 g/mol. The van der Waals surface area contributed by atoms with E-state index in [0.29, 0.717) is 11.4 Å². The molecule has 0 aromatic heterocycles. The fraction of sp³-hybridized carbons (Fsp3) is 0. The van der Waals surface area contributed by atoms with Crippen LogP contribution >= 0.6 is 0 Å². The standard InChI is InChI=1S/C7H10N4O2/c8-10-4-2-1-3-5(11-9)6(4)7(12)13/h1-3,10-11H,8-9H2,(H,12,13). The molecule has 7 N–H and O–H groups in total. The second kappa shape index (κ2) is 3.74. The first kappa shape index (κ1) is 9.30. The van der Waals surface area contributed by atoms with Crippen molar-refractivity contribution in [1.29, 1.82) is 0 Å². The Morgan fingerprint density at radius 3 is 2.00 bits per heavy atom. The fourth-order valence-electron chi connectivity index (χ4n) is 1.02. The Kier molecular flexibility index (Phi) is 2.68. The van der Waals surface area contributed by atoms with E-state index >= 15 is 0 Å². The van der Waals surface area contributed by atoms with Gasteiger partial charge >= 0.3 is 5.97 Å². The highest BCUT2D eigenvalue weighted by molar-refractivity contribution is 6.00. The van der Waals surface area contributed by atoms with Crippen LogP contribution in [0.2, 0.25) is 0 Å². The summed E-state index contributed by atoms with van der Waals surface area (Å²) in [5, 5.41) is 8.82. The van der Waals surface area contributed by atoms with Gasteiger partial charge in [0.2, 0.25) is 0 Å². The fourth-order valence-corrected chi connectivity index (χ4v) is 1.02. The van der Waals surface area contributed by atoms with Crippen LogP contribution in [0.25, 0.3) is 0 Å². The number of benzene rings is 1. The minimum absolute atomic E-state index is 0.0208. The molecule has 0 amide bonds. The first-order valence-corrected chi connectivity index (χ1v) is 3.50. The zero-order valence-corrected chi connectivity index (χ0v) is 6.74. The average Bonchev–Trinajstić information content (AvgIpc) is 2.16. The van der Waals surface area contributed by atoms with Crippen molar-refractivity contribution in [3.8, 4) is 0 Å². The maximum atomic E-state index is 10.8. The van der Waals surface area contributed by atoms with Crippen LogP contribution in [-0.2, 0) is 0 Å². The number of hydrogen-bond acceptors (Lipinski definition) is 5. The molecular weight excluding hydrogens is 172 g/mol. The summed E-state index contributed by atoms with van der Waals surface area (Å²) in [6.07, 6.45) is 0. The van der Waals surface area contributed by atoms with Gasteiger partial charge < -0.3 is 16.0 Å². The number of rotatable bonds is 3. The predicted molar refractivity (Wildman–Crippen MR) is 49.0 cm³/mol. The van der Waals surface area contributed by atoms with Gasteiger partial charge in [0.1, 0.15) is 5.56 Å². The van der Waals surface area contributed by atoms with Gasteiger partial charge in [0.05, 0.1) is 11.4 Å². The first-order valence-electron chi connectivity index (χ1n) is 3.50. The second-order valence-electron chi connectivity index (χ2n) is 2.32. The van der Waals surface area contributed by atoms with E-state index in [4.69, 9.17) is 16.8 Å². The third-order valence-corrected chi connectivity index (χ3v) is 1.59. The molecule has 6 heteroatoms. The summed E-state index contributed by atoms with van der Waals surface area (Å²) in [7, 11) is 0. The van der Waals surface area contributed by atoms with Crippen molar-refractivity contribution in [3.63, 3.8) is 0 Å². The lowest BCUT2D eigenvalue weighted by Gasteiger charge is -2.09. The van der Waals surface area contributed by atoms with Crippen LogP contribution in [0.4, 0.5) is 11.4 Å². The second-order valence-corrected chi connectivity index (χ2v) is 2.32. The first-order chi connectivity index (χ1) is 6.20. The molecule has 0 saturated heterocycles. The molecule has 6 nitrogen and oxygen atoms in total. The van der Waals surface area contributed by atoms with Crippen LogP contribution in [0, 0.1) is 0 Å². The van der Waals surface area contributed by atoms with E-state index in [0.717, 1.165) is 0 Å². The van der Waals surface area contributed by atoms with Gasteiger partial charge in [-0.3, -0.25) is 11.7 Å².